The molecule has 2 rings (SSSR count). The Morgan fingerprint density at radius 3 is 2.80 bits per heavy atom. The predicted octanol–water partition coefficient (Wildman–Crippen LogP) is 1.57. The molecule has 1 aliphatic rings. The molecule has 1 atom stereocenters. The first-order valence-electron chi connectivity index (χ1n) is 5.36. The summed E-state index contributed by atoms with van der Waals surface area (Å²) in [6, 6.07) is 8.21. The molecular weight excluding hydrogens is 190 g/mol. The maximum Gasteiger partial charge on any atom is 0.124 e. The third-order valence-electron chi connectivity index (χ3n) is 2.49. The minimum atomic E-state index is 0.236. The van der Waals surface area contributed by atoms with E-state index in [0.717, 1.165) is 31.9 Å². The van der Waals surface area contributed by atoms with Crippen LogP contribution in [0.3, 0.4) is 0 Å². The van der Waals surface area contributed by atoms with Crippen LogP contribution in [0.25, 0.3) is 0 Å². The molecule has 1 heterocycles. The van der Waals surface area contributed by atoms with E-state index < -0.39 is 0 Å². The lowest BCUT2D eigenvalue weighted by molar-refractivity contribution is 0.141. The zero-order chi connectivity index (χ0) is 10.5. The van der Waals surface area contributed by atoms with Gasteiger partial charge < -0.3 is 14.8 Å². The minimum Gasteiger partial charge on any atom is -0.488 e. The summed E-state index contributed by atoms with van der Waals surface area (Å²) in [7, 11) is 1.94. The van der Waals surface area contributed by atoms with Crippen molar-refractivity contribution in [3.05, 3.63) is 29.8 Å². The van der Waals surface area contributed by atoms with Crippen LogP contribution in [0.2, 0.25) is 0 Å². The van der Waals surface area contributed by atoms with Gasteiger partial charge in [0.1, 0.15) is 11.9 Å². The lowest BCUT2D eigenvalue weighted by Gasteiger charge is -2.11. The van der Waals surface area contributed by atoms with Crippen molar-refractivity contribution in [2.24, 2.45) is 0 Å². The van der Waals surface area contributed by atoms with Crippen LogP contribution in [0.5, 0.6) is 5.75 Å². The first kappa shape index (κ1) is 10.5. The SMILES string of the molecule is CNCc1ccc(OC2CCOC2)cc1. The summed E-state index contributed by atoms with van der Waals surface area (Å²) in [6.45, 7) is 2.44. The first-order valence-corrected chi connectivity index (χ1v) is 5.36. The van der Waals surface area contributed by atoms with E-state index in [1.165, 1.54) is 5.56 Å². The molecule has 1 aromatic rings. The third-order valence-corrected chi connectivity index (χ3v) is 2.49. The van der Waals surface area contributed by atoms with Gasteiger partial charge in [-0.15, -0.1) is 0 Å². The summed E-state index contributed by atoms with van der Waals surface area (Å²) in [5.41, 5.74) is 1.27. The van der Waals surface area contributed by atoms with E-state index in [1.807, 2.05) is 19.2 Å². The van der Waals surface area contributed by atoms with Gasteiger partial charge >= 0.3 is 0 Å². The zero-order valence-electron chi connectivity index (χ0n) is 9.03. The molecule has 0 radical (unpaired) electrons. The molecule has 0 saturated carbocycles. The minimum absolute atomic E-state index is 0.236. The van der Waals surface area contributed by atoms with Crippen LogP contribution >= 0.6 is 0 Å². The molecule has 0 aromatic heterocycles. The van der Waals surface area contributed by atoms with Crippen molar-refractivity contribution in [1.29, 1.82) is 0 Å². The number of ether oxygens (including phenoxy) is 2. The van der Waals surface area contributed by atoms with Crippen molar-refractivity contribution >= 4 is 0 Å². The van der Waals surface area contributed by atoms with E-state index >= 15 is 0 Å². The van der Waals surface area contributed by atoms with Crippen molar-refractivity contribution < 1.29 is 9.47 Å². The van der Waals surface area contributed by atoms with E-state index in [4.69, 9.17) is 9.47 Å². The Bertz CT molecular complexity index is 291. The van der Waals surface area contributed by atoms with E-state index in [0.29, 0.717) is 0 Å². The van der Waals surface area contributed by atoms with Crippen LogP contribution in [0.4, 0.5) is 0 Å². The van der Waals surface area contributed by atoms with Crippen molar-refractivity contribution in [3.8, 4) is 5.75 Å². The molecule has 15 heavy (non-hydrogen) atoms. The number of hydrogen-bond donors (Lipinski definition) is 1. The van der Waals surface area contributed by atoms with E-state index in [9.17, 15) is 0 Å². The molecule has 1 aliphatic heterocycles. The van der Waals surface area contributed by atoms with Crippen LogP contribution in [0.15, 0.2) is 24.3 Å². The Balaban J connectivity index is 1.91. The summed E-state index contributed by atoms with van der Waals surface area (Å²) in [5.74, 6) is 0.936. The van der Waals surface area contributed by atoms with Crippen molar-refractivity contribution in [2.75, 3.05) is 20.3 Å². The Morgan fingerprint density at radius 1 is 1.40 bits per heavy atom. The van der Waals surface area contributed by atoms with E-state index in [-0.39, 0.29) is 6.10 Å². The van der Waals surface area contributed by atoms with Gasteiger partial charge in [0.25, 0.3) is 0 Å². The maximum atomic E-state index is 5.76. The average molecular weight is 207 g/mol. The standard InChI is InChI=1S/C12H17NO2/c1-13-8-10-2-4-11(5-3-10)15-12-6-7-14-9-12/h2-5,12-13H,6-9H2,1H3. The predicted molar refractivity (Wildman–Crippen MR) is 59.1 cm³/mol. The summed E-state index contributed by atoms with van der Waals surface area (Å²) in [6.07, 6.45) is 1.23. The molecule has 0 bridgehead atoms. The van der Waals surface area contributed by atoms with Crippen LogP contribution < -0.4 is 10.1 Å². The lowest BCUT2D eigenvalue weighted by Crippen LogP contribution is -2.15. The fourth-order valence-corrected chi connectivity index (χ4v) is 1.69. The molecule has 1 fully saturated rings. The summed E-state index contributed by atoms with van der Waals surface area (Å²) >= 11 is 0. The normalized spacial score (nSPS) is 20.5. The van der Waals surface area contributed by atoms with Crippen molar-refractivity contribution in [1.82, 2.24) is 5.32 Å². The highest BCUT2D eigenvalue weighted by Gasteiger charge is 2.16. The molecule has 0 amide bonds. The molecule has 1 saturated heterocycles. The van der Waals surface area contributed by atoms with Gasteiger partial charge in [0, 0.05) is 13.0 Å². The second-order valence-electron chi connectivity index (χ2n) is 3.78. The van der Waals surface area contributed by atoms with Crippen LogP contribution in [-0.4, -0.2) is 26.4 Å². The van der Waals surface area contributed by atoms with Crippen LogP contribution in [0.1, 0.15) is 12.0 Å². The monoisotopic (exact) mass is 207 g/mol. The van der Waals surface area contributed by atoms with Crippen molar-refractivity contribution in [3.63, 3.8) is 0 Å². The van der Waals surface area contributed by atoms with Crippen molar-refractivity contribution in [2.45, 2.75) is 19.1 Å². The van der Waals surface area contributed by atoms with Gasteiger partial charge in [0.05, 0.1) is 13.2 Å². The highest BCUT2D eigenvalue weighted by molar-refractivity contribution is 5.27. The van der Waals surface area contributed by atoms with E-state index in [2.05, 4.69) is 17.4 Å². The summed E-state index contributed by atoms with van der Waals surface area (Å²) in [4.78, 5) is 0. The third kappa shape index (κ3) is 2.94. The molecule has 1 aromatic carbocycles. The van der Waals surface area contributed by atoms with Gasteiger partial charge in [0.2, 0.25) is 0 Å². The number of hydrogen-bond acceptors (Lipinski definition) is 3. The first-order chi connectivity index (χ1) is 7.38. The number of benzene rings is 1. The average Bonchev–Trinajstić information content (AvgIpc) is 2.74. The molecule has 1 N–H and O–H groups in total. The molecule has 3 nitrogen and oxygen atoms in total. The van der Waals surface area contributed by atoms with Gasteiger partial charge in [0.15, 0.2) is 0 Å². The molecule has 1 unspecified atom stereocenters. The quantitative estimate of drug-likeness (QED) is 0.813. The largest absolute Gasteiger partial charge is 0.488 e. The van der Waals surface area contributed by atoms with Gasteiger partial charge in [-0.3, -0.25) is 0 Å². The Kier molecular flexibility index (Phi) is 3.59. The molecule has 82 valence electrons. The Labute approximate surface area is 90.4 Å². The fourth-order valence-electron chi connectivity index (χ4n) is 1.69. The second-order valence-corrected chi connectivity index (χ2v) is 3.78. The number of rotatable bonds is 4. The van der Waals surface area contributed by atoms with Crippen LogP contribution in [0, 0.1) is 0 Å². The molecule has 0 aliphatic carbocycles. The fraction of sp³-hybridized carbons (Fsp3) is 0.500. The van der Waals surface area contributed by atoms with Gasteiger partial charge in [-0.05, 0) is 24.7 Å². The maximum absolute atomic E-state index is 5.76. The van der Waals surface area contributed by atoms with Crippen LogP contribution in [-0.2, 0) is 11.3 Å². The zero-order valence-corrected chi connectivity index (χ0v) is 9.03. The van der Waals surface area contributed by atoms with Gasteiger partial charge in [-0.2, -0.15) is 0 Å². The van der Waals surface area contributed by atoms with Gasteiger partial charge in [-0.1, -0.05) is 12.1 Å². The highest BCUT2D eigenvalue weighted by Crippen LogP contribution is 2.17. The lowest BCUT2D eigenvalue weighted by atomic mass is 10.2. The molecule has 3 heteroatoms. The highest BCUT2D eigenvalue weighted by atomic mass is 16.5. The number of nitrogens with one attached hydrogen (secondary N) is 1. The van der Waals surface area contributed by atoms with E-state index in [1.54, 1.807) is 0 Å². The smallest absolute Gasteiger partial charge is 0.124 e. The summed E-state index contributed by atoms with van der Waals surface area (Å²) in [5, 5.41) is 3.12. The Morgan fingerprint density at radius 2 is 2.20 bits per heavy atom. The summed E-state index contributed by atoms with van der Waals surface area (Å²) < 4.78 is 11.0. The Hall–Kier alpha value is -1.06. The molecule has 0 spiro atoms. The topological polar surface area (TPSA) is 30.5 Å². The second kappa shape index (κ2) is 5.14. The van der Waals surface area contributed by atoms with Gasteiger partial charge in [-0.25, -0.2) is 0 Å². The molecular formula is C12H17NO2.